The van der Waals surface area contributed by atoms with E-state index in [9.17, 15) is 14.9 Å². The summed E-state index contributed by atoms with van der Waals surface area (Å²) in [5, 5.41) is 9.87. The van der Waals surface area contributed by atoms with E-state index >= 15 is 0 Å². The predicted molar refractivity (Wildman–Crippen MR) is 172 cm³/mol. The molecule has 0 spiro atoms. The van der Waals surface area contributed by atoms with E-state index < -0.39 is 30.0 Å². The molecule has 0 aliphatic carbocycles. The first-order chi connectivity index (χ1) is 21.9. The first-order valence-corrected chi connectivity index (χ1v) is 15.0. The molecule has 3 unspecified atom stereocenters. The van der Waals surface area contributed by atoms with Crippen LogP contribution >= 0.6 is 0 Å². The summed E-state index contributed by atoms with van der Waals surface area (Å²) >= 11 is 0. The molecule has 228 valence electrons. The Labute approximate surface area is 264 Å². The third kappa shape index (κ3) is 6.73. The van der Waals surface area contributed by atoms with Crippen molar-refractivity contribution in [1.29, 1.82) is 5.26 Å². The van der Waals surface area contributed by atoms with Gasteiger partial charge in [-0.2, -0.15) is 5.26 Å². The fraction of sp³-hybridized carbons (Fsp3) is 0.297. The molecule has 8 heteroatoms. The van der Waals surface area contributed by atoms with E-state index in [-0.39, 0.29) is 17.3 Å². The summed E-state index contributed by atoms with van der Waals surface area (Å²) in [4.78, 5) is 35.9. The van der Waals surface area contributed by atoms with Crippen LogP contribution < -0.4 is 0 Å². The van der Waals surface area contributed by atoms with Crippen molar-refractivity contribution in [2.45, 2.75) is 32.0 Å². The van der Waals surface area contributed by atoms with Gasteiger partial charge >= 0.3 is 11.9 Å². The molecule has 0 saturated carbocycles. The number of carbonyl (C=O) groups is 2. The quantitative estimate of drug-likeness (QED) is 0.263. The van der Waals surface area contributed by atoms with Crippen LogP contribution in [-0.2, 0) is 19.1 Å². The van der Waals surface area contributed by atoms with Crippen molar-refractivity contribution in [3.05, 3.63) is 118 Å². The summed E-state index contributed by atoms with van der Waals surface area (Å²) in [7, 11) is 1.25. The highest BCUT2D eigenvalue weighted by atomic mass is 16.6. The minimum absolute atomic E-state index is 0.0254. The Hall–Kier alpha value is -5.02. The normalized spacial score (nSPS) is 19.6. The van der Waals surface area contributed by atoms with Gasteiger partial charge in [-0.3, -0.25) is 14.6 Å². The van der Waals surface area contributed by atoms with Gasteiger partial charge in [-0.25, -0.2) is 9.79 Å². The van der Waals surface area contributed by atoms with Crippen molar-refractivity contribution >= 4 is 17.7 Å². The highest BCUT2D eigenvalue weighted by molar-refractivity contribution is 6.14. The highest BCUT2D eigenvalue weighted by Gasteiger charge is 2.44. The summed E-state index contributed by atoms with van der Waals surface area (Å²) in [6.45, 7) is 6.44. The van der Waals surface area contributed by atoms with E-state index in [1.54, 1.807) is 31.2 Å². The zero-order valence-electron chi connectivity index (χ0n) is 25.7. The van der Waals surface area contributed by atoms with Crippen LogP contribution in [0.1, 0.15) is 48.1 Å². The number of benzene rings is 3. The van der Waals surface area contributed by atoms with Gasteiger partial charge < -0.3 is 9.47 Å². The van der Waals surface area contributed by atoms with Gasteiger partial charge in [-0.15, -0.1) is 6.42 Å². The fourth-order valence-corrected chi connectivity index (χ4v) is 6.32. The number of esters is 2. The van der Waals surface area contributed by atoms with Crippen LogP contribution in [-0.4, -0.2) is 67.0 Å². The molecule has 45 heavy (non-hydrogen) atoms. The monoisotopic (exact) mass is 600 g/mol. The van der Waals surface area contributed by atoms with E-state index in [2.05, 4.69) is 69.2 Å². The average Bonchev–Trinajstić information content (AvgIpc) is 3.08. The summed E-state index contributed by atoms with van der Waals surface area (Å²) < 4.78 is 11.1. The van der Waals surface area contributed by atoms with Crippen molar-refractivity contribution < 1.29 is 19.1 Å². The van der Waals surface area contributed by atoms with Gasteiger partial charge in [0.2, 0.25) is 0 Å². The van der Waals surface area contributed by atoms with E-state index in [1.807, 2.05) is 25.1 Å². The number of nitrogens with zero attached hydrogens (tertiary/aromatic N) is 4. The summed E-state index contributed by atoms with van der Waals surface area (Å²) in [6.07, 6.45) is 5.12. The number of hydrogen-bond acceptors (Lipinski definition) is 8. The van der Waals surface area contributed by atoms with Crippen molar-refractivity contribution in [3.8, 4) is 18.4 Å². The molecule has 3 aromatic rings. The number of methoxy groups -OCH3 is 1. The van der Waals surface area contributed by atoms with E-state index in [1.165, 1.54) is 18.2 Å². The lowest BCUT2D eigenvalue weighted by Crippen LogP contribution is -2.51. The number of aliphatic imine (C=N–C) groups is 1. The number of allylic oxidation sites excluding steroid dienone is 1. The van der Waals surface area contributed by atoms with Crippen molar-refractivity contribution in [2.24, 2.45) is 10.9 Å². The van der Waals surface area contributed by atoms with Crippen molar-refractivity contribution in [1.82, 2.24) is 9.80 Å². The summed E-state index contributed by atoms with van der Waals surface area (Å²) in [5.41, 5.74) is 4.14. The Kier molecular flexibility index (Phi) is 9.89. The first kappa shape index (κ1) is 31.4. The molecular weight excluding hydrogens is 564 g/mol. The molecule has 3 aromatic carbocycles. The summed E-state index contributed by atoms with van der Waals surface area (Å²) in [5.74, 6) is -0.640. The predicted octanol–water partition coefficient (Wildman–Crippen LogP) is 5.09. The Morgan fingerprint density at radius 1 is 0.933 bits per heavy atom. The molecule has 1 fully saturated rings. The molecular formula is C37H36N4O4. The molecule has 8 nitrogen and oxygen atoms in total. The summed E-state index contributed by atoms with van der Waals surface area (Å²) in [6, 6.07) is 30.1. The van der Waals surface area contributed by atoms with Crippen LogP contribution in [0, 0.1) is 29.6 Å². The molecule has 1 saturated heterocycles. The van der Waals surface area contributed by atoms with Crippen LogP contribution in [0.3, 0.4) is 0 Å². The number of carbonyl (C=O) groups excluding carboxylic acids is 2. The van der Waals surface area contributed by atoms with Gasteiger partial charge in [0, 0.05) is 43.4 Å². The second-order valence-electron chi connectivity index (χ2n) is 11.2. The molecule has 5 rings (SSSR count). The van der Waals surface area contributed by atoms with Crippen LogP contribution in [0.15, 0.2) is 101 Å². The first-order valence-electron chi connectivity index (χ1n) is 15.0. The average molecular weight is 601 g/mol. The molecule has 0 radical (unpaired) electrons. The number of hydrogen-bond donors (Lipinski definition) is 0. The lowest BCUT2D eigenvalue weighted by Gasteiger charge is -2.41. The second kappa shape index (κ2) is 14.2. The Morgan fingerprint density at radius 3 is 2.09 bits per heavy atom. The van der Waals surface area contributed by atoms with Gasteiger partial charge in [0.25, 0.3) is 0 Å². The fourth-order valence-electron chi connectivity index (χ4n) is 6.32. The van der Waals surface area contributed by atoms with Crippen LogP contribution in [0.5, 0.6) is 0 Å². The number of nitriles is 1. The zero-order valence-corrected chi connectivity index (χ0v) is 25.7. The number of terminal acetylenes is 1. The highest BCUT2D eigenvalue weighted by Crippen LogP contribution is 2.40. The van der Waals surface area contributed by atoms with Crippen LogP contribution in [0.25, 0.3) is 0 Å². The topological polar surface area (TPSA) is 95.2 Å². The molecule has 3 atom stereocenters. The van der Waals surface area contributed by atoms with Gasteiger partial charge in [0.1, 0.15) is 17.7 Å². The molecule has 0 bridgehead atoms. The maximum absolute atomic E-state index is 13.9. The molecule has 2 aliphatic rings. The Bertz CT molecular complexity index is 1640. The Balaban J connectivity index is 1.36. The number of piperazine rings is 1. The number of rotatable bonds is 8. The molecule has 0 N–H and O–H groups in total. The maximum atomic E-state index is 13.9. The second-order valence-corrected chi connectivity index (χ2v) is 11.2. The van der Waals surface area contributed by atoms with E-state index in [4.69, 9.17) is 15.9 Å². The van der Waals surface area contributed by atoms with Crippen molar-refractivity contribution in [2.75, 3.05) is 33.3 Å². The van der Waals surface area contributed by atoms with Gasteiger partial charge in [0.05, 0.1) is 18.7 Å². The van der Waals surface area contributed by atoms with Gasteiger partial charge in [0.15, 0.2) is 6.23 Å². The SMILES string of the molecule is C#Cc1cccc(C2C(C(=O)OC(C)N3CCN(C(c4ccccc4)c4ccccc4)CC3)=C(C)N=C(C#N)C2C(=O)OC)c1. The Morgan fingerprint density at radius 2 is 1.53 bits per heavy atom. The maximum Gasteiger partial charge on any atom is 0.338 e. The van der Waals surface area contributed by atoms with Crippen LogP contribution in [0.4, 0.5) is 0 Å². The third-order valence-electron chi connectivity index (χ3n) is 8.56. The smallest absolute Gasteiger partial charge is 0.338 e. The lowest BCUT2D eigenvalue weighted by atomic mass is 9.75. The molecule has 2 heterocycles. The van der Waals surface area contributed by atoms with Crippen molar-refractivity contribution in [3.63, 3.8) is 0 Å². The molecule has 0 aromatic heterocycles. The largest absolute Gasteiger partial charge is 0.468 e. The number of ether oxygens (including phenoxy) is 2. The standard InChI is InChI=1S/C37H36N4O4/c1-5-27-13-12-18-30(23-27)33-32(25(2)39-31(24-38)34(33)36(42)44-4)37(43)45-26(3)40-19-21-41(22-20-40)35(28-14-8-6-9-15-28)29-16-10-7-11-17-29/h1,6-18,23,26,33-35H,19-22H2,2-4H3. The van der Waals surface area contributed by atoms with Gasteiger partial charge in [-0.05, 0) is 42.7 Å². The third-order valence-corrected chi connectivity index (χ3v) is 8.56. The van der Waals surface area contributed by atoms with Gasteiger partial charge in [-0.1, -0.05) is 78.7 Å². The van der Waals surface area contributed by atoms with Crippen LogP contribution in [0.2, 0.25) is 0 Å². The molecule has 2 aliphatic heterocycles. The minimum Gasteiger partial charge on any atom is -0.468 e. The van der Waals surface area contributed by atoms with E-state index in [0.29, 0.717) is 29.9 Å². The van der Waals surface area contributed by atoms with E-state index in [0.717, 1.165) is 13.1 Å². The minimum atomic E-state index is -1.12. The zero-order chi connectivity index (χ0) is 31.9. The lowest BCUT2D eigenvalue weighted by molar-refractivity contribution is -0.155. The molecule has 0 amide bonds.